The third-order valence-electron chi connectivity index (χ3n) is 11.2. The summed E-state index contributed by atoms with van der Waals surface area (Å²) < 4.78 is 0. The van der Waals surface area contributed by atoms with Gasteiger partial charge >= 0.3 is 0 Å². The Balaban J connectivity index is 0.941. The van der Waals surface area contributed by atoms with Gasteiger partial charge in [0.2, 0.25) is 0 Å². The molecule has 9 aromatic carbocycles. The second kappa shape index (κ2) is 18.4. The van der Waals surface area contributed by atoms with E-state index in [1.54, 1.807) is 0 Å². The Kier molecular flexibility index (Phi) is 11.7. The van der Waals surface area contributed by atoms with Gasteiger partial charge < -0.3 is 16.0 Å². The van der Waals surface area contributed by atoms with Crippen molar-refractivity contribution in [2.45, 2.75) is 6.04 Å². The van der Waals surface area contributed by atoms with E-state index in [0.717, 1.165) is 50.4 Å². The van der Waals surface area contributed by atoms with E-state index in [1.165, 1.54) is 27.8 Å². The SMILES string of the molecule is C=C([N-]C(/C=C(\N)c1ccc(-c2ccccc2)cc1)c1ccccc1)c1ccc(-c2ccc(N(c3ccc(-c4ccccc4)cc3)c3ccc(-c4ccccc4)cc3)cc2)cc1. The molecule has 2 N–H and O–H groups in total. The number of nitrogens with two attached hydrogens (primary N) is 1. The van der Waals surface area contributed by atoms with Gasteiger partial charge in [0.25, 0.3) is 0 Å². The zero-order chi connectivity index (χ0) is 42.1. The summed E-state index contributed by atoms with van der Waals surface area (Å²) in [7, 11) is 0. The lowest BCUT2D eigenvalue weighted by Crippen LogP contribution is -2.09. The van der Waals surface area contributed by atoms with Gasteiger partial charge in [-0.2, -0.15) is 0 Å². The van der Waals surface area contributed by atoms with Gasteiger partial charge in [-0.05, 0) is 92.0 Å². The van der Waals surface area contributed by atoms with Gasteiger partial charge in [-0.25, -0.2) is 0 Å². The van der Waals surface area contributed by atoms with Crippen LogP contribution in [0.2, 0.25) is 0 Å². The van der Waals surface area contributed by atoms with Crippen LogP contribution in [0.5, 0.6) is 0 Å². The van der Waals surface area contributed by atoms with Crippen LogP contribution in [0.15, 0.2) is 255 Å². The first-order valence-corrected chi connectivity index (χ1v) is 21.0. The fourth-order valence-corrected chi connectivity index (χ4v) is 7.83. The van der Waals surface area contributed by atoms with Gasteiger partial charge in [0.1, 0.15) is 0 Å². The largest absolute Gasteiger partial charge is 0.675 e. The Morgan fingerprint density at radius 3 is 1.02 bits per heavy atom. The minimum absolute atomic E-state index is 0.309. The van der Waals surface area contributed by atoms with Crippen LogP contribution in [0.1, 0.15) is 22.7 Å². The highest BCUT2D eigenvalue weighted by molar-refractivity contribution is 5.82. The van der Waals surface area contributed by atoms with Crippen LogP contribution in [-0.2, 0) is 0 Å². The van der Waals surface area contributed by atoms with Gasteiger partial charge in [0, 0.05) is 22.8 Å². The van der Waals surface area contributed by atoms with Gasteiger partial charge in [-0.1, -0.05) is 224 Å². The molecule has 0 aliphatic rings. The second-order valence-corrected chi connectivity index (χ2v) is 15.3. The van der Waals surface area contributed by atoms with E-state index in [1.807, 2.05) is 30.3 Å². The Bertz CT molecular complexity index is 2790. The number of rotatable bonds is 13. The number of anilines is 3. The molecule has 0 heterocycles. The molecule has 0 saturated heterocycles. The number of hydrogen-bond donors (Lipinski definition) is 1. The molecule has 9 rings (SSSR count). The van der Waals surface area contributed by atoms with Gasteiger partial charge in [0.15, 0.2) is 0 Å². The van der Waals surface area contributed by atoms with Gasteiger partial charge in [-0.15, -0.1) is 12.3 Å². The van der Waals surface area contributed by atoms with Crippen LogP contribution in [0, 0.1) is 0 Å². The van der Waals surface area contributed by atoms with Crippen molar-refractivity contribution in [3.8, 4) is 44.5 Å². The van der Waals surface area contributed by atoms with E-state index in [-0.39, 0.29) is 6.04 Å². The summed E-state index contributed by atoms with van der Waals surface area (Å²) in [5.74, 6) is 0. The summed E-state index contributed by atoms with van der Waals surface area (Å²) in [6, 6.07) is 84.5. The summed E-state index contributed by atoms with van der Waals surface area (Å²) >= 11 is 0. The summed E-state index contributed by atoms with van der Waals surface area (Å²) in [6.07, 6.45) is 2.02. The molecule has 0 saturated carbocycles. The molecule has 0 radical (unpaired) electrons. The lowest BCUT2D eigenvalue weighted by molar-refractivity contribution is 1.04. The summed E-state index contributed by atoms with van der Waals surface area (Å²) in [5.41, 5.74) is 23.6. The van der Waals surface area contributed by atoms with Crippen molar-refractivity contribution in [1.82, 2.24) is 0 Å². The molecule has 3 heteroatoms. The topological polar surface area (TPSA) is 43.4 Å². The lowest BCUT2D eigenvalue weighted by Gasteiger charge is -2.34. The molecule has 62 heavy (non-hydrogen) atoms. The van der Waals surface area contributed by atoms with Crippen LogP contribution in [0.25, 0.3) is 61.2 Å². The molecule has 0 aliphatic carbocycles. The van der Waals surface area contributed by atoms with Crippen molar-refractivity contribution >= 4 is 28.5 Å². The number of benzene rings is 9. The smallest absolute Gasteiger partial charge is 0.0462 e. The molecule has 298 valence electrons. The molecule has 0 bridgehead atoms. The van der Waals surface area contributed by atoms with Crippen molar-refractivity contribution in [1.29, 1.82) is 0 Å². The Labute approximate surface area is 365 Å². The van der Waals surface area contributed by atoms with E-state index >= 15 is 0 Å². The quantitative estimate of drug-likeness (QED) is 0.126. The van der Waals surface area contributed by atoms with E-state index in [2.05, 4.69) is 230 Å². The van der Waals surface area contributed by atoms with Gasteiger partial charge in [0.05, 0.1) is 0 Å². The molecular weight excluding hydrogens is 751 g/mol. The van der Waals surface area contributed by atoms with E-state index in [9.17, 15) is 0 Å². The molecule has 0 aromatic heterocycles. The highest BCUT2D eigenvalue weighted by Crippen LogP contribution is 2.39. The first kappa shape index (κ1) is 39.3. The molecule has 0 spiro atoms. The average molecular weight is 797 g/mol. The molecule has 1 atom stereocenters. The first-order chi connectivity index (χ1) is 30.6. The van der Waals surface area contributed by atoms with Crippen LogP contribution in [-0.4, -0.2) is 0 Å². The molecule has 9 aromatic rings. The summed E-state index contributed by atoms with van der Waals surface area (Å²) in [5, 5.41) is 5.13. The third-order valence-corrected chi connectivity index (χ3v) is 11.2. The van der Waals surface area contributed by atoms with E-state index < -0.39 is 0 Å². The van der Waals surface area contributed by atoms with Crippen molar-refractivity contribution in [3.63, 3.8) is 0 Å². The third kappa shape index (κ3) is 9.03. The molecule has 0 amide bonds. The summed E-state index contributed by atoms with van der Waals surface area (Å²) in [6.45, 7) is 4.41. The molecule has 3 nitrogen and oxygen atoms in total. The van der Waals surface area contributed by atoms with Crippen LogP contribution < -0.4 is 10.6 Å². The standard InChI is InChI=1S/C59H46N3/c1-43(61-59(54-20-12-5-13-21-54)42-58(60)53-28-26-48(27-29-53)45-14-6-2-7-15-45)44-22-24-49(25-23-44)52-34-40-57(41-35-52)62(55-36-30-50(31-37-55)46-16-8-3-9-17-46)56-38-32-51(33-39-56)47-18-10-4-11-19-47/h2-42,59H,1,60H2/q-1/b58-42-. The maximum atomic E-state index is 6.74. The van der Waals surface area contributed by atoms with Crippen LogP contribution in [0.3, 0.4) is 0 Å². The Morgan fingerprint density at radius 2 is 0.661 bits per heavy atom. The van der Waals surface area contributed by atoms with Gasteiger partial charge in [-0.3, -0.25) is 0 Å². The zero-order valence-corrected chi connectivity index (χ0v) is 34.4. The monoisotopic (exact) mass is 796 g/mol. The number of hydrogen-bond acceptors (Lipinski definition) is 2. The molecular formula is C59H46N3-. The molecule has 0 fully saturated rings. The molecule has 0 aliphatic heterocycles. The van der Waals surface area contributed by atoms with Crippen LogP contribution >= 0.6 is 0 Å². The second-order valence-electron chi connectivity index (χ2n) is 15.3. The normalized spacial score (nSPS) is 11.7. The molecule has 1 unspecified atom stereocenters. The fourth-order valence-electron chi connectivity index (χ4n) is 7.83. The predicted octanol–water partition coefficient (Wildman–Crippen LogP) is 15.9. The average Bonchev–Trinajstić information content (AvgIpc) is 3.35. The minimum atomic E-state index is -0.309. The van der Waals surface area contributed by atoms with Crippen molar-refractivity contribution < 1.29 is 0 Å². The van der Waals surface area contributed by atoms with E-state index in [4.69, 9.17) is 11.1 Å². The maximum Gasteiger partial charge on any atom is 0.0462 e. The zero-order valence-electron chi connectivity index (χ0n) is 34.4. The summed E-state index contributed by atoms with van der Waals surface area (Å²) in [4.78, 5) is 2.31. The number of nitrogens with zero attached hydrogens (tertiary/aromatic N) is 2. The predicted molar refractivity (Wildman–Crippen MR) is 263 cm³/mol. The van der Waals surface area contributed by atoms with Crippen LogP contribution in [0.4, 0.5) is 17.1 Å². The Morgan fingerprint density at radius 1 is 0.371 bits per heavy atom. The highest BCUT2D eigenvalue weighted by Gasteiger charge is 2.14. The highest BCUT2D eigenvalue weighted by atomic mass is 15.1. The van der Waals surface area contributed by atoms with Crippen molar-refractivity contribution in [3.05, 3.63) is 277 Å². The van der Waals surface area contributed by atoms with Crippen molar-refractivity contribution in [2.75, 3.05) is 4.90 Å². The first-order valence-electron chi connectivity index (χ1n) is 21.0. The fraction of sp³-hybridized carbons (Fsp3) is 0.0169. The maximum absolute atomic E-state index is 6.74. The lowest BCUT2D eigenvalue weighted by atomic mass is 9.99. The van der Waals surface area contributed by atoms with Crippen molar-refractivity contribution in [2.24, 2.45) is 5.73 Å². The minimum Gasteiger partial charge on any atom is -0.675 e. The van der Waals surface area contributed by atoms with E-state index in [0.29, 0.717) is 11.4 Å². The Hall–Kier alpha value is -8.14.